The highest BCUT2D eigenvalue weighted by atomic mass is 16.5. The highest BCUT2D eigenvalue weighted by Crippen LogP contribution is 2.06. The number of aliphatic imine (C=N–C) groups is 1. The van der Waals surface area contributed by atoms with Gasteiger partial charge in [0.15, 0.2) is 0 Å². The molecular weight excluding hydrogens is 218 g/mol. The molecule has 0 aliphatic rings. The van der Waals surface area contributed by atoms with E-state index < -0.39 is 0 Å². The maximum absolute atomic E-state index is 11.0. The molecule has 0 heterocycles. The summed E-state index contributed by atoms with van der Waals surface area (Å²) in [5, 5.41) is 0. The Labute approximate surface area is 103 Å². The van der Waals surface area contributed by atoms with Gasteiger partial charge in [-0.3, -0.25) is 0 Å². The molecule has 0 saturated carbocycles. The second-order valence-electron chi connectivity index (χ2n) is 4.01. The van der Waals surface area contributed by atoms with Crippen LogP contribution in [0, 0.1) is 0 Å². The summed E-state index contributed by atoms with van der Waals surface area (Å²) in [4.78, 5) is 24.3. The third kappa shape index (κ3) is 10.9. The van der Waals surface area contributed by atoms with Gasteiger partial charge in [-0.15, -0.1) is 0 Å². The van der Waals surface area contributed by atoms with Crippen molar-refractivity contribution < 1.29 is 14.3 Å². The van der Waals surface area contributed by atoms with Gasteiger partial charge >= 0.3 is 5.97 Å². The fourth-order valence-corrected chi connectivity index (χ4v) is 1.33. The van der Waals surface area contributed by atoms with E-state index >= 15 is 0 Å². The molecule has 0 atom stereocenters. The summed E-state index contributed by atoms with van der Waals surface area (Å²) in [6.07, 6.45) is 7.75. The molecule has 0 radical (unpaired) electrons. The molecule has 0 saturated heterocycles. The van der Waals surface area contributed by atoms with Crippen LogP contribution in [0.2, 0.25) is 0 Å². The van der Waals surface area contributed by atoms with E-state index in [9.17, 15) is 9.59 Å². The van der Waals surface area contributed by atoms with Crippen molar-refractivity contribution in [1.82, 2.24) is 0 Å². The first-order chi connectivity index (χ1) is 8.18. The van der Waals surface area contributed by atoms with Gasteiger partial charge in [0.05, 0.1) is 13.2 Å². The Morgan fingerprint density at radius 1 is 1.18 bits per heavy atom. The number of hydrogen-bond acceptors (Lipinski definition) is 4. The fourth-order valence-electron chi connectivity index (χ4n) is 1.33. The molecule has 0 aliphatic heterocycles. The number of esters is 1. The summed E-state index contributed by atoms with van der Waals surface area (Å²) in [5.41, 5.74) is 0.445. The summed E-state index contributed by atoms with van der Waals surface area (Å²) < 4.78 is 4.97. The van der Waals surface area contributed by atoms with Gasteiger partial charge in [0.1, 0.15) is 0 Å². The van der Waals surface area contributed by atoms with Crippen LogP contribution in [-0.2, 0) is 14.3 Å². The number of nitrogens with zero attached hydrogens (tertiary/aromatic N) is 1. The summed E-state index contributed by atoms with van der Waals surface area (Å²) in [5.74, 6) is -0.309. The maximum Gasteiger partial charge on any atom is 0.333 e. The largest absolute Gasteiger partial charge is 0.462 e. The lowest BCUT2D eigenvalue weighted by molar-refractivity contribution is -0.139. The Morgan fingerprint density at radius 3 is 2.35 bits per heavy atom. The smallest absolute Gasteiger partial charge is 0.333 e. The van der Waals surface area contributed by atoms with E-state index in [-0.39, 0.29) is 5.97 Å². The topological polar surface area (TPSA) is 55.7 Å². The van der Waals surface area contributed by atoms with Gasteiger partial charge < -0.3 is 4.74 Å². The highest BCUT2D eigenvalue weighted by Gasteiger charge is 2.01. The number of isocyanates is 1. The van der Waals surface area contributed by atoms with Crippen molar-refractivity contribution in [2.24, 2.45) is 4.99 Å². The first kappa shape index (κ1) is 15.6. The van der Waals surface area contributed by atoms with E-state index in [1.807, 2.05) is 0 Å². The fraction of sp³-hybridized carbons (Fsp3) is 0.692. The second kappa shape index (κ2) is 11.1. The Bertz CT molecular complexity index is 280. The lowest BCUT2D eigenvalue weighted by Gasteiger charge is -2.03. The van der Waals surface area contributed by atoms with Crippen molar-refractivity contribution >= 4 is 12.0 Å². The van der Waals surface area contributed by atoms with Crippen molar-refractivity contribution in [2.75, 3.05) is 13.2 Å². The predicted molar refractivity (Wildman–Crippen MR) is 66.5 cm³/mol. The van der Waals surface area contributed by atoms with Crippen LogP contribution in [0.1, 0.15) is 45.4 Å². The normalized spacial score (nSPS) is 9.47. The van der Waals surface area contributed by atoms with Gasteiger partial charge in [-0.05, 0) is 19.8 Å². The van der Waals surface area contributed by atoms with Crippen molar-refractivity contribution in [1.29, 1.82) is 0 Å². The monoisotopic (exact) mass is 239 g/mol. The molecule has 0 N–H and O–H groups in total. The van der Waals surface area contributed by atoms with Crippen molar-refractivity contribution in [3.05, 3.63) is 12.2 Å². The highest BCUT2D eigenvalue weighted by molar-refractivity contribution is 5.86. The molecule has 0 fully saturated rings. The van der Waals surface area contributed by atoms with E-state index in [1.54, 1.807) is 6.92 Å². The average Bonchev–Trinajstić information content (AvgIpc) is 2.31. The Morgan fingerprint density at radius 2 is 1.76 bits per heavy atom. The molecule has 0 rings (SSSR count). The van der Waals surface area contributed by atoms with Gasteiger partial charge in [-0.1, -0.05) is 32.3 Å². The van der Waals surface area contributed by atoms with E-state index in [0.717, 1.165) is 38.5 Å². The molecule has 0 aliphatic carbocycles. The minimum absolute atomic E-state index is 0.309. The minimum atomic E-state index is -0.309. The maximum atomic E-state index is 11.0. The first-order valence-corrected chi connectivity index (χ1v) is 6.04. The van der Waals surface area contributed by atoms with Crippen molar-refractivity contribution in [2.45, 2.75) is 45.4 Å². The zero-order chi connectivity index (χ0) is 12.9. The number of ether oxygens (including phenoxy) is 1. The molecule has 0 aromatic carbocycles. The van der Waals surface area contributed by atoms with Gasteiger partial charge in [0.25, 0.3) is 0 Å². The quantitative estimate of drug-likeness (QED) is 0.194. The summed E-state index contributed by atoms with van der Waals surface area (Å²) >= 11 is 0. The molecule has 0 aromatic rings. The SMILES string of the molecule is C=C(C)C(=O)OCCCCCCCCN=C=O. The standard InChI is InChI=1S/C13H21NO3/c1-12(2)13(16)17-10-8-6-4-3-5-7-9-14-11-15/h1,3-10H2,2H3. The number of carbonyl (C=O) groups is 1. The minimum Gasteiger partial charge on any atom is -0.462 e. The second-order valence-corrected chi connectivity index (χ2v) is 4.01. The van der Waals surface area contributed by atoms with Crippen LogP contribution in [-0.4, -0.2) is 25.2 Å². The molecule has 0 amide bonds. The van der Waals surface area contributed by atoms with Crippen LogP contribution < -0.4 is 0 Å². The van der Waals surface area contributed by atoms with Crippen LogP contribution in [0.25, 0.3) is 0 Å². The van der Waals surface area contributed by atoms with Gasteiger partial charge in [-0.25, -0.2) is 14.6 Å². The average molecular weight is 239 g/mol. The van der Waals surface area contributed by atoms with Crippen molar-refractivity contribution in [3.63, 3.8) is 0 Å². The Kier molecular flexibility index (Phi) is 10.2. The molecule has 0 unspecified atom stereocenters. The van der Waals surface area contributed by atoms with Crippen LogP contribution >= 0.6 is 0 Å². The molecule has 0 bridgehead atoms. The van der Waals surface area contributed by atoms with Gasteiger partial charge in [0.2, 0.25) is 6.08 Å². The molecule has 4 nitrogen and oxygen atoms in total. The third-order valence-electron chi connectivity index (χ3n) is 2.31. The molecule has 0 aromatic heterocycles. The first-order valence-electron chi connectivity index (χ1n) is 6.04. The van der Waals surface area contributed by atoms with Crippen LogP contribution in [0.5, 0.6) is 0 Å². The third-order valence-corrected chi connectivity index (χ3v) is 2.31. The molecule has 17 heavy (non-hydrogen) atoms. The molecule has 4 heteroatoms. The zero-order valence-corrected chi connectivity index (χ0v) is 10.5. The number of hydrogen-bond donors (Lipinski definition) is 0. The van der Waals surface area contributed by atoms with E-state index in [4.69, 9.17) is 4.74 Å². The lowest BCUT2D eigenvalue weighted by atomic mass is 10.1. The lowest BCUT2D eigenvalue weighted by Crippen LogP contribution is -2.05. The Balaban J connectivity index is 3.16. The summed E-state index contributed by atoms with van der Waals surface area (Å²) in [6.45, 7) is 6.21. The number of carbonyl (C=O) groups excluding carboxylic acids is 2. The van der Waals surface area contributed by atoms with Crippen molar-refractivity contribution in [3.8, 4) is 0 Å². The van der Waals surface area contributed by atoms with Gasteiger partial charge in [-0.2, -0.15) is 0 Å². The van der Waals surface area contributed by atoms with Crippen LogP contribution in [0.15, 0.2) is 17.1 Å². The van der Waals surface area contributed by atoms with Crippen LogP contribution in [0.4, 0.5) is 0 Å². The molecule has 0 spiro atoms. The van der Waals surface area contributed by atoms with Crippen LogP contribution in [0.3, 0.4) is 0 Å². The summed E-state index contributed by atoms with van der Waals surface area (Å²) in [7, 11) is 0. The predicted octanol–water partition coefficient (Wildman–Crippen LogP) is 2.78. The zero-order valence-electron chi connectivity index (χ0n) is 10.5. The van der Waals surface area contributed by atoms with E-state index in [2.05, 4.69) is 11.6 Å². The molecule has 96 valence electrons. The Hall–Kier alpha value is -1.41. The molecular formula is C13H21NO3. The number of unbranched alkanes of at least 4 members (excludes halogenated alkanes) is 5. The van der Waals surface area contributed by atoms with E-state index in [1.165, 1.54) is 6.08 Å². The number of rotatable bonds is 10. The van der Waals surface area contributed by atoms with Gasteiger partial charge in [0, 0.05) is 5.57 Å². The summed E-state index contributed by atoms with van der Waals surface area (Å²) in [6, 6.07) is 0. The van der Waals surface area contributed by atoms with E-state index in [0.29, 0.717) is 18.7 Å².